The molecular weight excluding hydrogens is 228 g/mol. The molecule has 4 heteroatoms. The molecule has 94 valence electrons. The van der Waals surface area contributed by atoms with Gasteiger partial charge in [-0.15, -0.1) is 0 Å². The second-order valence-electron chi connectivity index (χ2n) is 4.07. The highest BCUT2D eigenvalue weighted by Crippen LogP contribution is 2.15. The number of benzene rings is 1. The smallest absolute Gasteiger partial charge is 0.251 e. The van der Waals surface area contributed by atoms with Crippen LogP contribution in [0.3, 0.4) is 0 Å². The molecule has 0 radical (unpaired) electrons. The fourth-order valence-electron chi connectivity index (χ4n) is 1.75. The molecule has 0 saturated carbocycles. The molecule has 18 heavy (non-hydrogen) atoms. The quantitative estimate of drug-likeness (QED) is 0.896. The molecule has 1 aromatic carbocycles. The summed E-state index contributed by atoms with van der Waals surface area (Å²) in [5.41, 5.74) is 2.69. The third-order valence-electron chi connectivity index (χ3n) is 2.70. The summed E-state index contributed by atoms with van der Waals surface area (Å²) < 4.78 is 5.06. The van der Waals surface area contributed by atoms with Gasteiger partial charge in [0.2, 0.25) is 0 Å². The van der Waals surface area contributed by atoms with Crippen molar-refractivity contribution in [2.45, 2.75) is 20.0 Å². The molecule has 2 rings (SSSR count). The average Bonchev–Trinajstić information content (AvgIpc) is 2.39. The minimum Gasteiger partial charge on any atom is -0.380 e. The molecule has 0 aliphatic rings. The lowest BCUT2D eigenvalue weighted by molar-refractivity contribution is 0.185. The zero-order valence-corrected chi connectivity index (χ0v) is 10.6. The van der Waals surface area contributed by atoms with Gasteiger partial charge in [0.15, 0.2) is 0 Å². The number of aryl methyl sites for hydroxylation is 1. The maximum atomic E-state index is 11.5. The van der Waals surface area contributed by atoms with E-state index in [2.05, 4.69) is 9.97 Å². The molecular formula is C14H16N2O2. The van der Waals surface area contributed by atoms with Gasteiger partial charge in [0.05, 0.1) is 6.61 Å². The van der Waals surface area contributed by atoms with Crippen LogP contribution in [0.25, 0.3) is 11.4 Å². The number of aromatic nitrogens is 2. The fourth-order valence-corrected chi connectivity index (χ4v) is 1.75. The van der Waals surface area contributed by atoms with Crippen molar-refractivity contribution in [3.63, 3.8) is 0 Å². The average molecular weight is 244 g/mol. The van der Waals surface area contributed by atoms with Crippen molar-refractivity contribution in [3.8, 4) is 11.4 Å². The minimum atomic E-state index is -0.113. The van der Waals surface area contributed by atoms with Crippen LogP contribution in [-0.4, -0.2) is 17.1 Å². The predicted molar refractivity (Wildman–Crippen MR) is 70.4 cm³/mol. The number of nitrogens with one attached hydrogen (secondary N) is 1. The van der Waals surface area contributed by atoms with Gasteiger partial charge in [-0.25, -0.2) is 4.98 Å². The largest absolute Gasteiger partial charge is 0.380 e. The molecule has 2 aromatic rings. The van der Waals surface area contributed by atoms with Gasteiger partial charge in [0.25, 0.3) is 5.56 Å². The van der Waals surface area contributed by atoms with Gasteiger partial charge >= 0.3 is 0 Å². The van der Waals surface area contributed by atoms with Gasteiger partial charge in [-0.05, 0) is 12.0 Å². The second kappa shape index (κ2) is 5.60. The van der Waals surface area contributed by atoms with Crippen molar-refractivity contribution in [1.29, 1.82) is 0 Å². The molecule has 0 aliphatic heterocycles. The van der Waals surface area contributed by atoms with E-state index >= 15 is 0 Å². The van der Waals surface area contributed by atoms with Crippen LogP contribution in [0.5, 0.6) is 0 Å². The Morgan fingerprint density at radius 1 is 1.28 bits per heavy atom. The van der Waals surface area contributed by atoms with E-state index in [1.165, 1.54) is 6.07 Å². The lowest BCUT2D eigenvalue weighted by Gasteiger charge is -2.04. The zero-order chi connectivity index (χ0) is 13.0. The molecule has 0 aliphatic carbocycles. The van der Waals surface area contributed by atoms with Gasteiger partial charge in [-0.2, -0.15) is 0 Å². The van der Waals surface area contributed by atoms with Crippen LogP contribution >= 0.6 is 0 Å². The molecule has 1 heterocycles. The summed E-state index contributed by atoms with van der Waals surface area (Å²) in [7, 11) is 1.66. The number of hydrogen-bond acceptors (Lipinski definition) is 3. The summed E-state index contributed by atoms with van der Waals surface area (Å²) in [6.45, 7) is 2.56. The van der Waals surface area contributed by atoms with Gasteiger partial charge in [0.1, 0.15) is 5.82 Å². The van der Waals surface area contributed by atoms with Crippen LogP contribution in [0.4, 0.5) is 0 Å². The highest BCUT2D eigenvalue weighted by atomic mass is 16.5. The molecule has 0 amide bonds. The maximum absolute atomic E-state index is 11.5. The summed E-state index contributed by atoms with van der Waals surface area (Å²) in [6.07, 6.45) is 0.749. The molecule has 0 bridgehead atoms. The molecule has 0 saturated heterocycles. The summed E-state index contributed by atoms with van der Waals surface area (Å²) in [4.78, 5) is 18.7. The number of rotatable bonds is 4. The summed E-state index contributed by atoms with van der Waals surface area (Å²) in [5.74, 6) is 0.614. The Bertz CT molecular complexity index is 573. The van der Waals surface area contributed by atoms with Crippen LogP contribution in [0, 0.1) is 0 Å². The van der Waals surface area contributed by atoms with E-state index in [0.717, 1.165) is 23.2 Å². The monoisotopic (exact) mass is 244 g/mol. The lowest BCUT2D eigenvalue weighted by atomic mass is 10.1. The third-order valence-corrected chi connectivity index (χ3v) is 2.70. The van der Waals surface area contributed by atoms with E-state index in [9.17, 15) is 4.79 Å². The molecule has 0 atom stereocenters. The number of nitrogens with zero attached hydrogens (tertiary/aromatic N) is 1. The number of aromatic amines is 1. The van der Waals surface area contributed by atoms with Crippen LogP contribution < -0.4 is 5.56 Å². The fraction of sp³-hybridized carbons (Fsp3) is 0.286. The number of hydrogen-bond donors (Lipinski definition) is 1. The first kappa shape index (κ1) is 12.5. The SMILES string of the molecule is CCc1cc(=O)[nH]c(-c2ccc(COC)cc2)n1. The lowest BCUT2D eigenvalue weighted by Crippen LogP contribution is -2.09. The van der Waals surface area contributed by atoms with E-state index in [-0.39, 0.29) is 5.56 Å². The van der Waals surface area contributed by atoms with Crippen LogP contribution in [0.2, 0.25) is 0 Å². The Labute approximate surface area is 106 Å². The Hall–Kier alpha value is -1.94. The van der Waals surface area contributed by atoms with Crippen molar-refractivity contribution < 1.29 is 4.74 Å². The Kier molecular flexibility index (Phi) is 3.89. The maximum Gasteiger partial charge on any atom is 0.251 e. The first-order valence-corrected chi connectivity index (χ1v) is 5.91. The van der Waals surface area contributed by atoms with Gasteiger partial charge < -0.3 is 9.72 Å². The highest BCUT2D eigenvalue weighted by Gasteiger charge is 2.03. The topological polar surface area (TPSA) is 55.0 Å². The van der Waals surface area contributed by atoms with Gasteiger partial charge in [-0.1, -0.05) is 31.2 Å². The Morgan fingerprint density at radius 2 is 2.00 bits per heavy atom. The first-order chi connectivity index (χ1) is 8.72. The number of methoxy groups -OCH3 is 1. The van der Waals surface area contributed by atoms with Gasteiger partial charge in [0, 0.05) is 24.4 Å². The summed E-state index contributed by atoms with van der Waals surface area (Å²) >= 11 is 0. The summed E-state index contributed by atoms with van der Waals surface area (Å²) in [6, 6.07) is 9.34. The normalized spacial score (nSPS) is 10.6. The predicted octanol–water partition coefficient (Wildman–Crippen LogP) is 2.15. The minimum absolute atomic E-state index is 0.113. The van der Waals surface area contributed by atoms with E-state index in [0.29, 0.717) is 12.4 Å². The second-order valence-corrected chi connectivity index (χ2v) is 4.07. The summed E-state index contributed by atoms with van der Waals surface area (Å²) in [5, 5.41) is 0. The van der Waals surface area contributed by atoms with E-state index < -0.39 is 0 Å². The Balaban J connectivity index is 2.36. The molecule has 0 fully saturated rings. The van der Waals surface area contributed by atoms with E-state index in [1.807, 2.05) is 31.2 Å². The van der Waals surface area contributed by atoms with Crippen molar-refractivity contribution in [1.82, 2.24) is 9.97 Å². The number of ether oxygens (including phenoxy) is 1. The van der Waals surface area contributed by atoms with Crippen molar-refractivity contribution >= 4 is 0 Å². The van der Waals surface area contributed by atoms with E-state index in [4.69, 9.17) is 4.74 Å². The molecule has 0 unspecified atom stereocenters. The van der Waals surface area contributed by atoms with Crippen molar-refractivity contribution in [2.24, 2.45) is 0 Å². The van der Waals surface area contributed by atoms with Crippen molar-refractivity contribution in [2.75, 3.05) is 7.11 Å². The van der Waals surface area contributed by atoms with Crippen LogP contribution in [-0.2, 0) is 17.8 Å². The third kappa shape index (κ3) is 2.84. The molecule has 0 spiro atoms. The number of H-pyrrole nitrogens is 1. The van der Waals surface area contributed by atoms with Gasteiger partial charge in [-0.3, -0.25) is 4.79 Å². The molecule has 1 N–H and O–H groups in total. The standard InChI is InChI=1S/C14H16N2O2/c1-3-12-8-13(17)16-14(15-12)11-6-4-10(5-7-11)9-18-2/h4-8H,3,9H2,1-2H3,(H,15,16,17). The molecule has 1 aromatic heterocycles. The Morgan fingerprint density at radius 3 is 2.61 bits per heavy atom. The molecule has 4 nitrogen and oxygen atoms in total. The van der Waals surface area contributed by atoms with Crippen LogP contribution in [0.15, 0.2) is 35.1 Å². The van der Waals surface area contributed by atoms with Crippen LogP contribution in [0.1, 0.15) is 18.2 Å². The van der Waals surface area contributed by atoms with E-state index in [1.54, 1.807) is 7.11 Å². The highest BCUT2D eigenvalue weighted by molar-refractivity contribution is 5.55. The first-order valence-electron chi connectivity index (χ1n) is 5.91. The zero-order valence-electron chi connectivity index (χ0n) is 10.6. The van der Waals surface area contributed by atoms with Crippen molar-refractivity contribution in [3.05, 3.63) is 51.9 Å².